The van der Waals surface area contributed by atoms with Crippen molar-refractivity contribution in [2.45, 2.75) is 99.4 Å². The van der Waals surface area contributed by atoms with E-state index in [0.717, 1.165) is 23.9 Å². The number of fused-ring (bicyclic) bond motifs is 2. The molecule has 4 N–H and O–H groups in total. The molecule has 6 atom stereocenters. The standard InChI is InChI=1S/C20H38N6S/c1-25(2)15-10-7-14(8-11-15)19-24-26-18(22-23-20(26)27-19)17-12-9-13-5-3-4-6-16(13)21-17/h13-24H,3-12H2,1-2H3. The Labute approximate surface area is 168 Å². The van der Waals surface area contributed by atoms with E-state index in [1.54, 1.807) is 0 Å². The minimum Gasteiger partial charge on any atom is -0.308 e. The molecule has 3 heterocycles. The SMILES string of the molecule is CN(C)C1CCC(C2NN3C(NNC3C3CCC4CCCCC4N3)S2)CC1. The molecule has 3 aliphatic heterocycles. The summed E-state index contributed by atoms with van der Waals surface area (Å²) in [5.74, 6) is 1.74. The summed E-state index contributed by atoms with van der Waals surface area (Å²) in [7, 11) is 4.47. The predicted molar refractivity (Wildman–Crippen MR) is 112 cm³/mol. The molecule has 5 aliphatic rings. The summed E-state index contributed by atoms with van der Waals surface area (Å²) >= 11 is 2.09. The van der Waals surface area contributed by atoms with Crippen LogP contribution in [-0.2, 0) is 0 Å². The lowest BCUT2D eigenvalue weighted by Crippen LogP contribution is -2.61. The van der Waals surface area contributed by atoms with Crippen LogP contribution in [0.15, 0.2) is 0 Å². The van der Waals surface area contributed by atoms with Gasteiger partial charge in [0, 0.05) is 18.1 Å². The van der Waals surface area contributed by atoms with Crippen LogP contribution in [0.4, 0.5) is 0 Å². The van der Waals surface area contributed by atoms with Crippen LogP contribution in [0.25, 0.3) is 0 Å². The number of nitrogens with one attached hydrogen (secondary N) is 4. The second-order valence-electron chi connectivity index (χ2n) is 9.71. The number of hydrogen-bond donors (Lipinski definition) is 4. The topological polar surface area (TPSA) is 54.6 Å². The molecule has 7 heteroatoms. The number of piperidine rings is 1. The molecule has 2 aliphatic carbocycles. The lowest BCUT2D eigenvalue weighted by atomic mass is 9.77. The number of nitrogens with zero attached hydrogens (tertiary/aromatic N) is 2. The monoisotopic (exact) mass is 394 g/mol. The lowest BCUT2D eigenvalue weighted by Gasteiger charge is -2.43. The molecule has 6 nitrogen and oxygen atoms in total. The zero-order valence-corrected chi connectivity index (χ0v) is 17.8. The third-order valence-corrected chi connectivity index (χ3v) is 9.31. The van der Waals surface area contributed by atoms with Gasteiger partial charge in [-0.3, -0.25) is 0 Å². The van der Waals surface area contributed by atoms with Gasteiger partial charge in [0.25, 0.3) is 0 Å². The molecule has 0 bridgehead atoms. The Balaban J connectivity index is 1.17. The lowest BCUT2D eigenvalue weighted by molar-refractivity contribution is 0.0705. The maximum Gasteiger partial charge on any atom is 0.137 e. The van der Waals surface area contributed by atoms with E-state index in [2.05, 4.69) is 57.4 Å². The minimum atomic E-state index is 0.369. The van der Waals surface area contributed by atoms with Gasteiger partial charge in [-0.2, -0.15) is 5.01 Å². The average molecular weight is 395 g/mol. The van der Waals surface area contributed by atoms with Gasteiger partial charge in [0.05, 0.1) is 5.37 Å². The Morgan fingerprint density at radius 2 is 1.59 bits per heavy atom. The molecular weight excluding hydrogens is 356 g/mol. The van der Waals surface area contributed by atoms with Crippen LogP contribution in [0, 0.1) is 11.8 Å². The molecular formula is C20H38N6S. The maximum atomic E-state index is 4.02. The first-order valence-electron chi connectivity index (χ1n) is 11.3. The summed E-state index contributed by atoms with van der Waals surface area (Å²) in [6.45, 7) is 0. The molecule has 6 unspecified atom stereocenters. The third kappa shape index (κ3) is 3.81. The van der Waals surface area contributed by atoms with Crippen molar-refractivity contribution in [2.75, 3.05) is 14.1 Å². The summed E-state index contributed by atoms with van der Waals surface area (Å²) < 4.78 is 0. The summed E-state index contributed by atoms with van der Waals surface area (Å²) in [6.07, 6.45) is 14.2. The van der Waals surface area contributed by atoms with Crippen molar-refractivity contribution in [3.63, 3.8) is 0 Å². The van der Waals surface area contributed by atoms with Crippen LogP contribution in [0.5, 0.6) is 0 Å². The van der Waals surface area contributed by atoms with Crippen molar-refractivity contribution in [3.8, 4) is 0 Å². The second kappa shape index (κ2) is 8.09. The fraction of sp³-hybridized carbons (Fsp3) is 1.00. The molecule has 2 saturated carbocycles. The van der Waals surface area contributed by atoms with E-state index in [-0.39, 0.29) is 0 Å². The first-order chi connectivity index (χ1) is 13.2. The molecule has 154 valence electrons. The molecule has 0 amide bonds. The van der Waals surface area contributed by atoms with Gasteiger partial charge in [0.2, 0.25) is 0 Å². The Morgan fingerprint density at radius 3 is 2.41 bits per heavy atom. The van der Waals surface area contributed by atoms with Gasteiger partial charge in [0.1, 0.15) is 11.7 Å². The number of thioether (sulfide) groups is 1. The smallest absolute Gasteiger partial charge is 0.137 e. The molecule has 0 aromatic carbocycles. The van der Waals surface area contributed by atoms with Crippen LogP contribution < -0.4 is 21.6 Å². The Morgan fingerprint density at radius 1 is 0.815 bits per heavy atom. The molecule has 5 fully saturated rings. The number of hydrazine groups is 2. The second-order valence-corrected chi connectivity index (χ2v) is 10.9. The fourth-order valence-corrected chi connectivity index (χ4v) is 7.62. The fourth-order valence-electron chi connectivity index (χ4n) is 6.21. The third-order valence-electron chi connectivity index (χ3n) is 7.93. The first kappa shape index (κ1) is 19.1. The highest BCUT2D eigenvalue weighted by molar-refractivity contribution is 8.00. The zero-order chi connectivity index (χ0) is 18.4. The number of rotatable bonds is 3. The quantitative estimate of drug-likeness (QED) is 0.584. The van der Waals surface area contributed by atoms with Gasteiger partial charge in [0.15, 0.2) is 0 Å². The van der Waals surface area contributed by atoms with Crippen LogP contribution >= 0.6 is 11.8 Å². The Hall–Kier alpha value is 0.110. The van der Waals surface area contributed by atoms with Crippen molar-refractivity contribution in [3.05, 3.63) is 0 Å². The van der Waals surface area contributed by atoms with Gasteiger partial charge in [-0.15, -0.1) is 11.8 Å². The van der Waals surface area contributed by atoms with Crippen molar-refractivity contribution in [1.29, 1.82) is 0 Å². The normalized spacial score (nSPS) is 48.6. The molecule has 5 rings (SSSR count). The minimum absolute atomic E-state index is 0.369. The summed E-state index contributed by atoms with van der Waals surface area (Å²) in [6, 6.07) is 2.10. The van der Waals surface area contributed by atoms with Gasteiger partial charge in [-0.25, -0.2) is 16.3 Å². The van der Waals surface area contributed by atoms with Gasteiger partial charge < -0.3 is 10.2 Å². The summed E-state index contributed by atoms with van der Waals surface area (Å²) in [4.78, 5) is 2.42. The maximum absolute atomic E-state index is 4.02. The van der Waals surface area contributed by atoms with E-state index in [0.29, 0.717) is 23.1 Å². The molecule has 0 aromatic heterocycles. The highest BCUT2D eigenvalue weighted by atomic mass is 32.2. The van der Waals surface area contributed by atoms with Crippen molar-refractivity contribution in [1.82, 2.24) is 31.5 Å². The van der Waals surface area contributed by atoms with E-state index >= 15 is 0 Å². The van der Waals surface area contributed by atoms with Crippen molar-refractivity contribution < 1.29 is 0 Å². The number of hydrogen-bond acceptors (Lipinski definition) is 7. The van der Waals surface area contributed by atoms with Gasteiger partial charge in [-0.1, -0.05) is 12.8 Å². The van der Waals surface area contributed by atoms with E-state index in [4.69, 9.17) is 0 Å². The van der Waals surface area contributed by atoms with Crippen LogP contribution in [-0.4, -0.2) is 59.2 Å². The zero-order valence-electron chi connectivity index (χ0n) is 17.0. The molecule has 0 aromatic rings. The van der Waals surface area contributed by atoms with Crippen LogP contribution in [0.1, 0.15) is 64.2 Å². The highest BCUT2D eigenvalue weighted by Gasteiger charge is 2.48. The van der Waals surface area contributed by atoms with Crippen molar-refractivity contribution in [2.24, 2.45) is 11.8 Å². The van der Waals surface area contributed by atoms with Crippen LogP contribution in [0.3, 0.4) is 0 Å². The van der Waals surface area contributed by atoms with Crippen LogP contribution in [0.2, 0.25) is 0 Å². The van der Waals surface area contributed by atoms with E-state index in [1.165, 1.54) is 64.2 Å². The Bertz CT molecular complexity index is 511. The van der Waals surface area contributed by atoms with E-state index < -0.39 is 0 Å². The summed E-state index contributed by atoms with van der Waals surface area (Å²) in [5, 5.41) is 7.09. The van der Waals surface area contributed by atoms with Gasteiger partial charge >= 0.3 is 0 Å². The predicted octanol–water partition coefficient (Wildman–Crippen LogP) is 2.01. The molecule has 3 saturated heterocycles. The first-order valence-corrected chi connectivity index (χ1v) is 12.3. The van der Waals surface area contributed by atoms with Crippen molar-refractivity contribution >= 4 is 11.8 Å². The molecule has 0 radical (unpaired) electrons. The van der Waals surface area contributed by atoms with E-state index in [1.807, 2.05) is 0 Å². The molecule has 27 heavy (non-hydrogen) atoms. The van der Waals surface area contributed by atoms with E-state index in [9.17, 15) is 0 Å². The Kier molecular flexibility index (Phi) is 5.72. The van der Waals surface area contributed by atoms with Gasteiger partial charge in [-0.05, 0) is 77.3 Å². The highest BCUT2D eigenvalue weighted by Crippen LogP contribution is 2.40. The largest absolute Gasteiger partial charge is 0.308 e. The average Bonchev–Trinajstić information content (AvgIpc) is 3.28. The molecule has 0 spiro atoms. The summed E-state index contributed by atoms with van der Waals surface area (Å²) in [5.41, 5.74) is 11.4.